The number of imide groups is 1. The fourth-order valence-electron chi connectivity index (χ4n) is 6.13. The van der Waals surface area contributed by atoms with Gasteiger partial charge < -0.3 is 20.0 Å². The van der Waals surface area contributed by atoms with Gasteiger partial charge in [0.05, 0.1) is 17.9 Å². The Hall–Kier alpha value is -5.15. The van der Waals surface area contributed by atoms with Gasteiger partial charge in [0.2, 0.25) is 5.95 Å². The number of anilines is 4. The molecule has 0 radical (unpaired) electrons. The van der Waals surface area contributed by atoms with E-state index in [9.17, 15) is 32.3 Å². The van der Waals surface area contributed by atoms with Crippen LogP contribution in [0, 0.1) is 0 Å². The topological polar surface area (TPSA) is 119 Å². The molecule has 2 aliphatic rings. The van der Waals surface area contributed by atoms with Gasteiger partial charge in [-0.3, -0.25) is 14.4 Å². The number of benzene rings is 1. The van der Waals surface area contributed by atoms with Crippen LogP contribution in [0.15, 0.2) is 60.8 Å². The van der Waals surface area contributed by atoms with Gasteiger partial charge in [-0.1, -0.05) is 42.9 Å². The Morgan fingerprint density at radius 3 is 2.10 bits per heavy atom. The van der Waals surface area contributed by atoms with Crippen LogP contribution in [0.2, 0.25) is 0 Å². The van der Waals surface area contributed by atoms with E-state index < -0.39 is 23.7 Å². The summed E-state index contributed by atoms with van der Waals surface area (Å²) in [5.41, 5.74) is 7.14. The number of likely N-dealkylation sites (N-methyl/N-ethyl adjacent to an activating group) is 1. The predicted octanol–water partition coefficient (Wildman–Crippen LogP) is 6.22. The van der Waals surface area contributed by atoms with E-state index in [0.29, 0.717) is 42.1 Å². The number of hydrogen-bond acceptors (Lipinski definition) is 8. The molecule has 2 fully saturated rings. The van der Waals surface area contributed by atoms with E-state index in [1.807, 2.05) is 13.8 Å². The number of Topliss-reactive ketones (excluding diaryl/α,β-unsaturated/α-hetero) is 1. The maximum atomic E-state index is 13.5. The van der Waals surface area contributed by atoms with Gasteiger partial charge in [-0.25, -0.2) is 14.7 Å². The lowest BCUT2D eigenvalue weighted by Gasteiger charge is -2.35. The average molecular weight is 696 g/mol. The molecule has 1 aromatic carbocycles. The van der Waals surface area contributed by atoms with Crippen LogP contribution in [0.5, 0.6) is 0 Å². The van der Waals surface area contributed by atoms with Gasteiger partial charge in [0, 0.05) is 26.7 Å². The molecule has 1 aliphatic heterocycles. The summed E-state index contributed by atoms with van der Waals surface area (Å²) in [6.07, 6.45) is 0.169. The molecule has 4 rings (SSSR count). The molecule has 2 aromatic rings. The van der Waals surface area contributed by atoms with E-state index in [1.165, 1.54) is 18.7 Å². The van der Waals surface area contributed by atoms with Crippen molar-refractivity contribution in [3.05, 3.63) is 66.4 Å². The lowest BCUT2D eigenvalue weighted by molar-refractivity contribution is -0.170. The van der Waals surface area contributed by atoms with Crippen molar-refractivity contribution in [1.82, 2.24) is 14.9 Å². The molecule has 0 bridgehead atoms. The summed E-state index contributed by atoms with van der Waals surface area (Å²) in [5, 5.41) is 2.97. The molecule has 268 valence electrons. The second kappa shape index (κ2) is 17.0. The van der Waals surface area contributed by atoms with Gasteiger partial charge in [0.25, 0.3) is 5.91 Å². The van der Waals surface area contributed by atoms with Gasteiger partial charge in [0.1, 0.15) is 11.2 Å². The minimum atomic E-state index is -5.13. The molecule has 1 aromatic heterocycles. The first-order valence-corrected chi connectivity index (χ1v) is 16.5. The number of nitrogens with one attached hydrogen (secondary N) is 1. The number of carbonyl (C=O) groups excluding carboxylic acids is 4. The highest BCUT2D eigenvalue weighted by Crippen LogP contribution is 2.41. The van der Waals surface area contributed by atoms with Crippen LogP contribution in [0.3, 0.4) is 0 Å². The first-order valence-electron chi connectivity index (χ1n) is 16.5. The molecule has 1 saturated heterocycles. The number of nitrogens with zero attached hydrogens (tertiary/aromatic N) is 6. The van der Waals surface area contributed by atoms with Crippen molar-refractivity contribution < 1.29 is 32.3 Å². The fraction of sp³-hybridized carbons (Fsp3) is 0.472. The van der Waals surface area contributed by atoms with Crippen LogP contribution in [-0.4, -0.2) is 82.9 Å². The highest BCUT2D eigenvalue weighted by atomic mass is 19.4. The molecule has 0 unspecified atom stereocenters. The number of rotatable bonds is 11. The lowest BCUT2D eigenvalue weighted by atomic mass is 9.80. The summed E-state index contributed by atoms with van der Waals surface area (Å²) < 4.78 is 40.4. The zero-order valence-corrected chi connectivity index (χ0v) is 29.2. The number of hydrogen-bond donors (Lipinski definition) is 1. The van der Waals surface area contributed by atoms with E-state index in [1.54, 1.807) is 41.1 Å². The molecule has 50 heavy (non-hydrogen) atoms. The number of halogens is 3. The van der Waals surface area contributed by atoms with E-state index in [-0.39, 0.29) is 48.1 Å². The largest absolute Gasteiger partial charge is 0.471 e. The summed E-state index contributed by atoms with van der Waals surface area (Å²) in [7, 11) is 1.66. The molecule has 2 heterocycles. The summed E-state index contributed by atoms with van der Waals surface area (Å²) in [6, 6.07) is 5.38. The van der Waals surface area contributed by atoms with Crippen LogP contribution in [0.4, 0.5) is 41.1 Å². The Balaban J connectivity index is 0.00000126. The van der Waals surface area contributed by atoms with Gasteiger partial charge >= 0.3 is 18.1 Å². The third-order valence-corrected chi connectivity index (χ3v) is 8.91. The molecular formula is C36H44F3N7O4. The fourth-order valence-corrected chi connectivity index (χ4v) is 6.13. The van der Waals surface area contributed by atoms with Gasteiger partial charge in [-0.2, -0.15) is 18.2 Å². The standard InChI is InChI=1S/C31H40F3N7O4.C5H4/c1-6-39(7-2)28-35-19-24(40(8-3)27(44)31(32,33)34)25(37-28)36-23(20(4)42)18-21-12-14-22(15-13-21)41-26(43)30(38(5)29(41)45)16-10-9-11-17-30;1-3-5-4-2/h12-15,19,23H,6-11,16-18H2,1-5H3,(H,35,36,37);1-2H2/t23-;/m0./s1. The summed E-state index contributed by atoms with van der Waals surface area (Å²) in [4.78, 5) is 65.5. The second-order valence-electron chi connectivity index (χ2n) is 11.9. The van der Waals surface area contributed by atoms with E-state index in [0.717, 1.165) is 25.5 Å². The van der Waals surface area contributed by atoms with Gasteiger partial charge in [-0.15, -0.1) is 0 Å². The first kappa shape index (κ1) is 39.3. The van der Waals surface area contributed by atoms with E-state index in [4.69, 9.17) is 0 Å². The third kappa shape index (κ3) is 8.52. The van der Waals surface area contributed by atoms with Crippen molar-refractivity contribution in [3.63, 3.8) is 0 Å². The minimum absolute atomic E-state index is 0.0859. The second-order valence-corrected chi connectivity index (χ2v) is 11.9. The molecule has 14 heteroatoms. The number of alkyl halides is 3. The van der Waals surface area contributed by atoms with Crippen molar-refractivity contribution >= 4 is 46.8 Å². The molecular weight excluding hydrogens is 651 g/mol. The summed E-state index contributed by atoms with van der Waals surface area (Å²) in [5.74, 6) is -2.48. The highest BCUT2D eigenvalue weighted by molar-refractivity contribution is 6.23. The number of aromatic nitrogens is 2. The van der Waals surface area contributed by atoms with E-state index in [2.05, 4.69) is 45.6 Å². The lowest BCUT2D eigenvalue weighted by Crippen LogP contribution is -2.49. The Morgan fingerprint density at radius 2 is 1.62 bits per heavy atom. The summed E-state index contributed by atoms with van der Waals surface area (Å²) in [6.45, 7) is 13.7. The molecule has 1 N–H and O–H groups in total. The molecule has 1 atom stereocenters. The third-order valence-electron chi connectivity index (χ3n) is 8.91. The SMILES string of the molecule is C=C=C=C=C.CCN(CC)c1ncc(N(CC)C(=O)C(F)(F)F)c(N[C@@H](Cc2ccc(N3C(=O)N(C)C4(CCCCC4)C3=O)cc2)C(C)=O)n1. The normalized spacial score (nSPS) is 15.7. The summed E-state index contributed by atoms with van der Waals surface area (Å²) >= 11 is 0. The van der Waals surface area contributed by atoms with Gasteiger partial charge in [0.15, 0.2) is 11.6 Å². The molecule has 1 spiro atoms. The van der Waals surface area contributed by atoms with Crippen LogP contribution >= 0.6 is 0 Å². The Morgan fingerprint density at radius 1 is 1.02 bits per heavy atom. The maximum Gasteiger partial charge on any atom is 0.471 e. The highest BCUT2D eigenvalue weighted by Gasteiger charge is 2.56. The number of urea groups is 1. The molecule has 1 aliphatic carbocycles. The average Bonchev–Trinajstić information content (AvgIpc) is 3.26. The van der Waals surface area contributed by atoms with Crippen LogP contribution in [0.1, 0.15) is 65.4 Å². The quantitative estimate of drug-likeness (QED) is 0.218. The van der Waals surface area contributed by atoms with Crippen molar-refractivity contribution in [2.24, 2.45) is 0 Å². The Kier molecular flexibility index (Phi) is 13.3. The smallest absolute Gasteiger partial charge is 0.358 e. The van der Waals surface area contributed by atoms with Crippen molar-refractivity contribution in [1.29, 1.82) is 0 Å². The van der Waals surface area contributed by atoms with Crippen molar-refractivity contribution in [2.75, 3.05) is 46.7 Å². The van der Waals surface area contributed by atoms with Crippen molar-refractivity contribution in [3.8, 4) is 0 Å². The van der Waals surface area contributed by atoms with Crippen LogP contribution < -0.4 is 20.0 Å². The van der Waals surface area contributed by atoms with Gasteiger partial charge in [-0.05, 0) is 83.5 Å². The Labute approximate surface area is 290 Å². The minimum Gasteiger partial charge on any atom is -0.358 e. The Bertz CT molecular complexity index is 1660. The number of carbonyl (C=O) groups is 4. The number of ketones is 1. The zero-order valence-electron chi connectivity index (χ0n) is 29.2. The molecule has 11 nitrogen and oxygen atoms in total. The monoisotopic (exact) mass is 695 g/mol. The maximum absolute atomic E-state index is 13.5. The molecule has 4 amide bonds. The first-order chi connectivity index (χ1) is 23.7. The van der Waals surface area contributed by atoms with Crippen molar-refractivity contribution in [2.45, 2.75) is 84.0 Å². The number of amides is 4. The van der Waals surface area contributed by atoms with E-state index >= 15 is 0 Å². The molecule has 1 saturated carbocycles. The van der Waals surface area contributed by atoms with Crippen LogP contribution in [-0.2, 0) is 20.8 Å². The predicted molar refractivity (Wildman–Crippen MR) is 186 cm³/mol. The zero-order chi connectivity index (χ0) is 37.2. The van der Waals surface area contributed by atoms with Crippen LogP contribution in [0.25, 0.3) is 0 Å².